The van der Waals surface area contributed by atoms with Crippen LogP contribution in [-0.4, -0.2) is 40.4 Å². The summed E-state index contributed by atoms with van der Waals surface area (Å²) < 4.78 is 1.48. The second-order valence-electron chi connectivity index (χ2n) is 4.25. The van der Waals surface area contributed by atoms with Gasteiger partial charge in [0.2, 0.25) is 0 Å². The fourth-order valence-corrected chi connectivity index (χ4v) is 1.76. The molecule has 6 nitrogen and oxygen atoms in total. The molecule has 106 valence electrons. The molecule has 0 saturated heterocycles. The largest absolute Gasteiger partial charge is 0.504 e. The van der Waals surface area contributed by atoms with E-state index in [-0.39, 0.29) is 17.4 Å². The van der Waals surface area contributed by atoms with E-state index >= 15 is 0 Å². The van der Waals surface area contributed by atoms with E-state index in [0.717, 1.165) is 12.2 Å². The number of hydrogen-bond acceptors (Lipinski definition) is 4. The lowest BCUT2D eigenvalue weighted by Gasteiger charge is -2.03. The maximum absolute atomic E-state index is 11.9. The molecule has 3 N–H and O–H groups in total. The van der Waals surface area contributed by atoms with Crippen molar-refractivity contribution in [1.82, 2.24) is 20.4 Å². The lowest BCUT2D eigenvalue weighted by Crippen LogP contribution is -2.32. The topological polar surface area (TPSA) is 79.2 Å². The van der Waals surface area contributed by atoms with Gasteiger partial charge in [-0.2, -0.15) is 5.10 Å². The van der Waals surface area contributed by atoms with Gasteiger partial charge in [-0.1, -0.05) is 25.1 Å². The highest BCUT2D eigenvalue weighted by Crippen LogP contribution is 2.17. The molecule has 2 rings (SSSR count). The van der Waals surface area contributed by atoms with E-state index in [2.05, 4.69) is 15.7 Å². The summed E-state index contributed by atoms with van der Waals surface area (Å²) in [5.41, 5.74) is 0.819. The molecular weight excluding hydrogens is 256 g/mol. The molecule has 1 amide bonds. The van der Waals surface area contributed by atoms with Gasteiger partial charge in [0.15, 0.2) is 11.4 Å². The quantitative estimate of drug-likeness (QED) is 0.684. The third kappa shape index (κ3) is 3.36. The third-order valence-electron chi connectivity index (χ3n) is 2.77. The van der Waals surface area contributed by atoms with E-state index in [9.17, 15) is 9.90 Å². The average Bonchev–Trinajstić information content (AvgIpc) is 2.86. The molecule has 0 aliphatic rings. The molecule has 0 fully saturated rings. The lowest BCUT2D eigenvalue weighted by atomic mass is 10.3. The summed E-state index contributed by atoms with van der Waals surface area (Å²) >= 11 is 0. The van der Waals surface area contributed by atoms with Gasteiger partial charge in [-0.25, -0.2) is 4.68 Å². The fourth-order valence-electron chi connectivity index (χ4n) is 1.76. The van der Waals surface area contributed by atoms with Crippen molar-refractivity contribution in [2.24, 2.45) is 0 Å². The molecule has 20 heavy (non-hydrogen) atoms. The molecule has 0 spiro atoms. The van der Waals surface area contributed by atoms with Gasteiger partial charge in [-0.3, -0.25) is 4.79 Å². The number of para-hydroxylation sites is 1. The molecule has 0 aliphatic heterocycles. The Bertz CT molecular complexity index is 566. The first kappa shape index (κ1) is 14.1. The zero-order chi connectivity index (χ0) is 14.4. The highest BCUT2D eigenvalue weighted by Gasteiger charge is 2.16. The average molecular weight is 274 g/mol. The zero-order valence-corrected chi connectivity index (χ0v) is 11.3. The second-order valence-corrected chi connectivity index (χ2v) is 4.25. The minimum Gasteiger partial charge on any atom is -0.504 e. The molecule has 1 aromatic carbocycles. The Labute approximate surface area is 117 Å². The van der Waals surface area contributed by atoms with Crippen LogP contribution < -0.4 is 10.6 Å². The first-order valence-corrected chi connectivity index (χ1v) is 6.55. The van der Waals surface area contributed by atoms with Gasteiger partial charge in [0.05, 0.1) is 11.9 Å². The molecule has 0 atom stereocenters. The van der Waals surface area contributed by atoms with Crippen molar-refractivity contribution in [2.45, 2.75) is 6.92 Å². The van der Waals surface area contributed by atoms with Gasteiger partial charge < -0.3 is 15.7 Å². The van der Waals surface area contributed by atoms with Crippen molar-refractivity contribution in [3.05, 3.63) is 42.2 Å². The van der Waals surface area contributed by atoms with Crippen LogP contribution in [0.15, 0.2) is 36.5 Å². The maximum atomic E-state index is 11.9. The Morgan fingerprint density at radius 1 is 1.30 bits per heavy atom. The number of aromatic hydroxyl groups is 1. The number of carbonyl (C=O) groups excluding carboxylic acids is 1. The smallest absolute Gasteiger partial charge is 0.275 e. The van der Waals surface area contributed by atoms with Crippen LogP contribution in [0.1, 0.15) is 17.4 Å². The summed E-state index contributed by atoms with van der Waals surface area (Å²) in [6.45, 7) is 4.02. The van der Waals surface area contributed by atoms with Crippen molar-refractivity contribution >= 4 is 5.91 Å². The summed E-state index contributed by atoms with van der Waals surface area (Å²) in [7, 11) is 0. The summed E-state index contributed by atoms with van der Waals surface area (Å²) in [6, 6.07) is 9.31. The van der Waals surface area contributed by atoms with Gasteiger partial charge >= 0.3 is 0 Å². The minimum absolute atomic E-state index is 0.0327. The zero-order valence-electron chi connectivity index (χ0n) is 11.3. The van der Waals surface area contributed by atoms with Gasteiger partial charge in [0.1, 0.15) is 0 Å². The van der Waals surface area contributed by atoms with Crippen LogP contribution >= 0.6 is 0 Å². The summed E-state index contributed by atoms with van der Waals surface area (Å²) in [6.07, 6.45) is 1.43. The van der Waals surface area contributed by atoms with Crippen LogP contribution in [-0.2, 0) is 0 Å². The Morgan fingerprint density at radius 2 is 2.05 bits per heavy atom. The van der Waals surface area contributed by atoms with Crippen LogP contribution in [0.25, 0.3) is 5.69 Å². The molecular formula is C14H18N4O2. The third-order valence-corrected chi connectivity index (χ3v) is 2.77. The predicted molar refractivity (Wildman–Crippen MR) is 76.1 cm³/mol. The number of benzene rings is 1. The molecule has 1 heterocycles. The summed E-state index contributed by atoms with van der Waals surface area (Å²) in [4.78, 5) is 11.9. The number of carbonyl (C=O) groups is 1. The lowest BCUT2D eigenvalue weighted by molar-refractivity contribution is 0.0946. The van der Waals surface area contributed by atoms with E-state index in [1.54, 1.807) is 0 Å². The normalized spacial score (nSPS) is 10.4. The number of likely N-dealkylation sites (N-methyl/N-ethyl adjacent to an activating group) is 1. The predicted octanol–water partition coefficient (Wildman–Crippen LogP) is 0.917. The Kier molecular flexibility index (Phi) is 4.73. The molecule has 0 unspecified atom stereocenters. The van der Waals surface area contributed by atoms with Gasteiger partial charge in [0, 0.05) is 13.1 Å². The molecule has 0 aliphatic carbocycles. The van der Waals surface area contributed by atoms with E-state index in [1.807, 2.05) is 37.3 Å². The molecule has 6 heteroatoms. The summed E-state index contributed by atoms with van der Waals surface area (Å²) in [5.74, 6) is -0.509. The van der Waals surface area contributed by atoms with E-state index in [0.29, 0.717) is 13.1 Å². The first-order valence-electron chi connectivity index (χ1n) is 6.55. The molecule has 0 radical (unpaired) electrons. The fraction of sp³-hybridized carbons (Fsp3) is 0.286. The molecule has 0 bridgehead atoms. The van der Waals surface area contributed by atoms with E-state index in [4.69, 9.17) is 0 Å². The van der Waals surface area contributed by atoms with Crippen molar-refractivity contribution in [3.8, 4) is 11.4 Å². The Balaban J connectivity index is 2.06. The van der Waals surface area contributed by atoms with Gasteiger partial charge in [-0.15, -0.1) is 0 Å². The SMILES string of the molecule is CCNCCNC(=O)c1nn(-c2ccccc2)cc1O. The number of aromatic nitrogens is 2. The van der Waals surface area contributed by atoms with Crippen molar-refractivity contribution < 1.29 is 9.90 Å². The number of nitrogens with zero attached hydrogens (tertiary/aromatic N) is 2. The van der Waals surface area contributed by atoms with Gasteiger partial charge in [0.25, 0.3) is 5.91 Å². The van der Waals surface area contributed by atoms with Crippen molar-refractivity contribution in [1.29, 1.82) is 0 Å². The Morgan fingerprint density at radius 3 is 2.75 bits per heavy atom. The highest BCUT2D eigenvalue weighted by molar-refractivity contribution is 5.94. The molecule has 2 aromatic rings. The highest BCUT2D eigenvalue weighted by atomic mass is 16.3. The monoisotopic (exact) mass is 274 g/mol. The molecule has 1 aromatic heterocycles. The van der Waals surface area contributed by atoms with E-state index < -0.39 is 0 Å². The Hall–Kier alpha value is -2.34. The minimum atomic E-state index is -0.380. The van der Waals surface area contributed by atoms with Crippen LogP contribution in [0.5, 0.6) is 5.75 Å². The summed E-state index contributed by atoms with van der Waals surface area (Å²) in [5, 5.41) is 19.7. The second kappa shape index (κ2) is 6.72. The van der Waals surface area contributed by atoms with Crippen LogP contribution in [0.4, 0.5) is 0 Å². The van der Waals surface area contributed by atoms with E-state index in [1.165, 1.54) is 10.9 Å². The number of hydrogen-bond donors (Lipinski definition) is 3. The number of nitrogens with one attached hydrogen (secondary N) is 2. The maximum Gasteiger partial charge on any atom is 0.275 e. The standard InChI is InChI=1S/C14H18N4O2/c1-2-15-8-9-16-14(20)13-12(19)10-18(17-13)11-6-4-3-5-7-11/h3-7,10,15,19H,2,8-9H2,1H3,(H,16,20). The number of amides is 1. The number of rotatable bonds is 6. The van der Waals surface area contributed by atoms with Crippen LogP contribution in [0.3, 0.4) is 0 Å². The van der Waals surface area contributed by atoms with Crippen LogP contribution in [0, 0.1) is 0 Å². The van der Waals surface area contributed by atoms with Crippen molar-refractivity contribution in [2.75, 3.05) is 19.6 Å². The first-order chi connectivity index (χ1) is 9.72. The van der Waals surface area contributed by atoms with Crippen LogP contribution in [0.2, 0.25) is 0 Å². The van der Waals surface area contributed by atoms with Gasteiger partial charge in [-0.05, 0) is 18.7 Å². The van der Waals surface area contributed by atoms with Crippen molar-refractivity contribution in [3.63, 3.8) is 0 Å². The molecule has 0 saturated carbocycles.